The van der Waals surface area contributed by atoms with Crippen molar-refractivity contribution >= 4 is 17.4 Å². The highest BCUT2D eigenvalue weighted by Gasteiger charge is 2.03. The summed E-state index contributed by atoms with van der Waals surface area (Å²) in [6, 6.07) is 11.2. The van der Waals surface area contributed by atoms with Gasteiger partial charge in [0, 0.05) is 18.7 Å². The van der Waals surface area contributed by atoms with Crippen LogP contribution < -0.4 is 16.4 Å². The second-order valence-corrected chi connectivity index (χ2v) is 5.27. The molecule has 2 aromatic rings. The molecular formula is C17H22N4O. The minimum atomic E-state index is -0.0403. The minimum absolute atomic E-state index is 0.0403. The number of carbonyl (C=O) groups is 1. The lowest BCUT2D eigenvalue weighted by Gasteiger charge is -2.08. The zero-order chi connectivity index (χ0) is 15.9. The Kier molecular flexibility index (Phi) is 5.36. The summed E-state index contributed by atoms with van der Waals surface area (Å²) in [5.41, 5.74) is 9.07. The first-order valence-electron chi connectivity index (χ1n) is 7.38. The zero-order valence-electron chi connectivity index (χ0n) is 13.0. The average Bonchev–Trinajstić information content (AvgIpc) is 2.51. The van der Waals surface area contributed by atoms with Crippen molar-refractivity contribution in [2.45, 2.75) is 20.3 Å². The summed E-state index contributed by atoms with van der Waals surface area (Å²) >= 11 is 0. The quantitative estimate of drug-likeness (QED) is 0.716. The highest BCUT2D eigenvalue weighted by molar-refractivity contribution is 5.94. The number of nitrogens with zero attached hydrogens (tertiary/aromatic N) is 1. The summed E-state index contributed by atoms with van der Waals surface area (Å²) in [6.45, 7) is 5.24. The van der Waals surface area contributed by atoms with Gasteiger partial charge in [-0.3, -0.25) is 4.79 Å². The van der Waals surface area contributed by atoms with Crippen molar-refractivity contribution in [3.63, 3.8) is 0 Å². The molecule has 1 aromatic heterocycles. The second kappa shape index (κ2) is 7.45. The van der Waals surface area contributed by atoms with Gasteiger partial charge in [-0.25, -0.2) is 4.98 Å². The normalized spacial score (nSPS) is 10.3. The fourth-order valence-electron chi connectivity index (χ4n) is 1.98. The number of nitrogens with one attached hydrogen (secondary N) is 2. The summed E-state index contributed by atoms with van der Waals surface area (Å²) in [5, 5.41) is 6.12. The molecule has 22 heavy (non-hydrogen) atoms. The van der Waals surface area contributed by atoms with Crippen LogP contribution in [0.1, 0.15) is 28.0 Å². The third-order valence-corrected chi connectivity index (χ3v) is 3.39. The van der Waals surface area contributed by atoms with Crippen molar-refractivity contribution in [2.75, 3.05) is 24.1 Å². The van der Waals surface area contributed by atoms with Gasteiger partial charge in [0.2, 0.25) is 0 Å². The van der Waals surface area contributed by atoms with E-state index >= 15 is 0 Å². The Bertz CT molecular complexity index is 638. The number of pyridine rings is 1. The van der Waals surface area contributed by atoms with Crippen molar-refractivity contribution in [1.29, 1.82) is 0 Å². The molecule has 5 nitrogen and oxygen atoms in total. The molecule has 116 valence electrons. The minimum Gasteiger partial charge on any atom is -0.397 e. The largest absolute Gasteiger partial charge is 0.397 e. The van der Waals surface area contributed by atoms with Gasteiger partial charge < -0.3 is 16.4 Å². The molecule has 0 fully saturated rings. The monoisotopic (exact) mass is 298 g/mol. The lowest BCUT2D eigenvalue weighted by atomic mass is 10.1. The first-order valence-corrected chi connectivity index (χ1v) is 7.38. The molecule has 0 atom stereocenters. The maximum absolute atomic E-state index is 11.9. The average molecular weight is 298 g/mol. The Labute approximate surface area is 130 Å². The highest BCUT2D eigenvalue weighted by atomic mass is 16.1. The van der Waals surface area contributed by atoms with E-state index in [9.17, 15) is 4.79 Å². The van der Waals surface area contributed by atoms with Crippen LogP contribution in [0, 0.1) is 13.8 Å². The Morgan fingerprint density at radius 3 is 2.50 bits per heavy atom. The number of amides is 1. The molecule has 1 aromatic carbocycles. The van der Waals surface area contributed by atoms with E-state index in [0.29, 0.717) is 17.8 Å². The maximum atomic E-state index is 11.9. The molecule has 2 rings (SSSR count). The third kappa shape index (κ3) is 4.48. The number of hydrogen-bond acceptors (Lipinski definition) is 4. The number of rotatable bonds is 6. The number of aromatic nitrogens is 1. The fraction of sp³-hybridized carbons (Fsp3) is 0.294. The molecule has 1 heterocycles. The molecule has 0 bridgehead atoms. The molecule has 0 aliphatic rings. The van der Waals surface area contributed by atoms with Gasteiger partial charge in [-0.1, -0.05) is 17.7 Å². The van der Waals surface area contributed by atoms with E-state index in [1.165, 1.54) is 0 Å². The van der Waals surface area contributed by atoms with E-state index < -0.39 is 0 Å². The number of benzene rings is 1. The molecule has 0 saturated carbocycles. The van der Waals surface area contributed by atoms with Crippen LogP contribution in [0.25, 0.3) is 0 Å². The molecule has 0 aliphatic carbocycles. The van der Waals surface area contributed by atoms with Crippen LogP contribution in [0.2, 0.25) is 0 Å². The molecule has 0 radical (unpaired) electrons. The van der Waals surface area contributed by atoms with Gasteiger partial charge >= 0.3 is 0 Å². The molecular weight excluding hydrogens is 276 g/mol. The lowest BCUT2D eigenvalue weighted by molar-refractivity contribution is 0.0953. The van der Waals surface area contributed by atoms with Crippen LogP contribution in [0.4, 0.5) is 11.5 Å². The molecule has 0 unspecified atom stereocenters. The summed E-state index contributed by atoms with van der Waals surface area (Å²) in [6.07, 6.45) is 0.822. The third-order valence-electron chi connectivity index (χ3n) is 3.39. The fourth-order valence-corrected chi connectivity index (χ4v) is 1.98. The van der Waals surface area contributed by atoms with Crippen molar-refractivity contribution in [3.05, 3.63) is 53.2 Å². The van der Waals surface area contributed by atoms with E-state index in [1.807, 2.05) is 50.2 Å². The predicted octanol–water partition coefficient (Wildman–Crippen LogP) is 2.51. The number of carbonyl (C=O) groups excluding carboxylic acids is 1. The Morgan fingerprint density at radius 1 is 1.09 bits per heavy atom. The van der Waals surface area contributed by atoms with Crippen LogP contribution in [0.5, 0.6) is 0 Å². The van der Waals surface area contributed by atoms with E-state index in [4.69, 9.17) is 5.73 Å². The smallest absolute Gasteiger partial charge is 0.251 e. The lowest BCUT2D eigenvalue weighted by Crippen LogP contribution is -2.25. The van der Waals surface area contributed by atoms with Gasteiger partial charge in [0.25, 0.3) is 5.91 Å². The topological polar surface area (TPSA) is 80.0 Å². The number of aryl methyl sites for hydroxylation is 2. The number of nitrogen functional groups attached to an aromatic ring is 1. The van der Waals surface area contributed by atoms with Crippen LogP contribution in [-0.2, 0) is 0 Å². The Hall–Kier alpha value is -2.56. The van der Waals surface area contributed by atoms with Gasteiger partial charge in [0.15, 0.2) is 0 Å². The molecule has 0 spiro atoms. The zero-order valence-corrected chi connectivity index (χ0v) is 13.0. The maximum Gasteiger partial charge on any atom is 0.251 e. The van der Waals surface area contributed by atoms with Gasteiger partial charge in [0.05, 0.1) is 11.4 Å². The van der Waals surface area contributed by atoms with E-state index in [-0.39, 0.29) is 5.91 Å². The number of hydrogen-bond donors (Lipinski definition) is 3. The molecule has 4 N–H and O–H groups in total. The first-order chi connectivity index (χ1) is 10.6. The molecule has 1 amide bonds. The van der Waals surface area contributed by atoms with Crippen LogP contribution >= 0.6 is 0 Å². The van der Waals surface area contributed by atoms with Crippen LogP contribution in [0.15, 0.2) is 36.4 Å². The number of nitrogens with two attached hydrogens (primary N) is 1. The van der Waals surface area contributed by atoms with Crippen molar-refractivity contribution < 1.29 is 4.79 Å². The van der Waals surface area contributed by atoms with Crippen LogP contribution in [-0.4, -0.2) is 24.0 Å². The van der Waals surface area contributed by atoms with E-state index in [0.717, 1.165) is 30.0 Å². The summed E-state index contributed by atoms with van der Waals surface area (Å²) in [5.74, 6) is 0.762. The number of anilines is 2. The van der Waals surface area contributed by atoms with E-state index in [2.05, 4.69) is 15.6 Å². The summed E-state index contributed by atoms with van der Waals surface area (Å²) in [7, 11) is 0. The standard InChI is InChI=1S/C17H22N4O/c1-12-4-6-14(7-5-12)17(22)20-11-3-10-19-16-9-8-15(18)13(2)21-16/h4-9H,3,10-11,18H2,1-2H3,(H,19,21)(H,20,22). The second-order valence-electron chi connectivity index (χ2n) is 5.27. The summed E-state index contributed by atoms with van der Waals surface area (Å²) < 4.78 is 0. The van der Waals surface area contributed by atoms with Gasteiger partial charge in [-0.15, -0.1) is 0 Å². The predicted molar refractivity (Wildman–Crippen MR) is 90.0 cm³/mol. The Morgan fingerprint density at radius 2 is 1.82 bits per heavy atom. The molecule has 5 heteroatoms. The SMILES string of the molecule is Cc1ccc(C(=O)NCCCNc2ccc(N)c(C)n2)cc1. The van der Waals surface area contributed by atoms with Crippen LogP contribution in [0.3, 0.4) is 0 Å². The van der Waals surface area contributed by atoms with Gasteiger partial charge in [-0.05, 0) is 44.5 Å². The molecule has 0 saturated heterocycles. The van der Waals surface area contributed by atoms with Crippen molar-refractivity contribution in [2.24, 2.45) is 0 Å². The first kappa shape index (κ1) is 15.8. The van der Waals surface area contributed by atoms with Gasteiger partial charge in [-0.2, -0.15) is 0 Å². The van der Waals surface area contributed by atoms with E-state index in [1.54, 1.807) is 0 Å². The van der Waals surface area contributed by atoms with Crippen molar-refractivity contribution in [1.82, 2.24) is 10.3 Å². The highest BCUT2D eigenvalue weighted by Crippen LogP contribution is 2.11. The van der Waals surface area contributed by atoms with Gasteiger partial charge in [0.1, 0.15) is 5.82 Å². The Balaban J connectivity index is 1.69. The van der Waals surface area contributed by atoms with Crippen molar-refractivity contribution in [3.8, 4) is 0 Å². The summed E-state index contributed by atoms with van der Waals surface area (Å²) in [4.78, 5) is 16.3. The molecule has 0 aliphatic heterocycles.